The van der Waals surface area contributed by atoms with Crippen molar-refractivity contribution in [2.24, 2.45) is 5.92 Å². The molecule has 1 fully saturated rings. The van der Waals surface area contributed by atoms with Crippen LogP contribution in [0, 0.1) is 5.92 Å². The van der Waals surface area contributed by atoms with E-state index in [1.54, 1.807) is 0 Å². The van der Waals surface area contributed by atoms with Gasteiger partial charge in [-0.05, 0) is 29.3 Å². The Morgan fingerprint density at radius 2 is 1.28 bits per heavy atom. The molecule has 2 aliphatic rings. The first-order chi connectivity index (χ1) is 17.6. The van der Waals surface area contributed by atoms with Crippen LogP contribution in [0.25, 0.3) is 6.08 Å². The third-order valence-electron chi connectivity index (χ3n) is 7.35. The lowest BCUT2D eigenvalue weighted by Gasteiger charge is -2.35. The Balaban J connectivity index is 1.57. The quantitative estimate of drug-likeness (QED) is 0.254. The second-order valence-corrected chi connectivity index (χ2v) is 10.2. The number of halogens is 1. The van der Waals surface area contributed by atoms with Crippen molar-refractivity contribution in [3.8, 4) is 0 Å². The molecule has 3 nitrogen and oxygen atoms in total. The first kappa shape index (κ1) is 22.7. The van der Waals surface area contributed by atoms with Crippen molar-refractivity contribution >= 4 is 39.3 Å². The molecule has 2 heterocycles. The summed E-state index contributed by atoms with van der Waals surface area (Å²) in [6, 6.07) is 34.4. The van der Waals surface area contributed by atoms with Gasteiger partial charge in [0.15, 0.2) is 11.6 Å². The average Bonchev–Trinajstić information content (AvgIpc) is 3.29. The van der Waals surface area contributed by atoms with Crippen molar-refractivity contribution in [2.75, 3.05) is 4.90 Å². The number of benzene rings is 4. The van der Waals surface area contributed by atoms with E-state index in [0.717, 1.165) is 21.3 Å². The number of rotatable bonds is 5. The van der Waals surface area contributed by atoms with Crippen LogP contribution in [0.2, 0.25) is 0 Å². The molecule has 0 aromatic heterocycles. The molecule has 4 atom stereocenters. The number of carbonyl (C=O) groups excluding carboxylic acids is 2. The van der Waals surface area contributed by atoms with Gasteiger partial charge in [0.1, 0.15) is 6.04 Å². The fraction of sp³-hybridized carbons (Fsp3) is 0.125. The second kappa shape index (κ2) is 9.36. The van der Waals surface area contributed by atoms with Crippen molar-refractivity contribution < 1.29 is 9.59 Å². The molecule has 176 valence electrons. The molecule has 0 bridgehead atoms. The number of nitrogens with zero attached hydrogens (tertiary/aromatic N) is 1. The van der Waals surface area contributed by atoms with Crippen LogP contribution >= 0.6 is 15.9 Å². The van der Waals surface area contributed by atoms with Crippen LogP contribution in [-0.4, -0.2) is 23.7 Å². The van der Waals surface area contributed by atoms with E-state index in [0.29, 0.717) is 11.1 Å². The van der Waals surface area contributed by atoms with E-state index in [4.69, 9.17) is 0 Å². The summed E-state index contributed by atoms with van der Waals surface area (Å²) < 4.78 is 0.923. The third-order valence-corrected chi connectivity index (χ3v) is 7.88. The van der Waals surface area contributed by atoms with Gasteiger partial charge in [0.25, 0.3) is 0 Å². The average molecular weight is 534 g/mol. The number of Topliss-reactive ketones (excluding diaryl/α,β-unsaturated/α-hetero) is 2. The SMILES string of the molecule is O=C(c1ccccc1)[C@H]1[C@@H](c2ccccc2)[C@H](C(=O)c2ccc(Br)cc2)N2c3ccccc3C=C[C@@H]12. The zero-order valence-corrected chi connectivity index (χ0v) is 21.1. The lowest BCUT2D eigenvalue weighted by molar-refractivity contribution is 0.0896. The number of fused-ring (bicyclic) bond motifs is 3. The van der Waals surface area contributed by atoms with Crippen molar-refractivity contribution in [3.05, 3.63) is 142 Å². The maximum atomic E-state index is 14.3. The third kappa shape index (κ3) is 3.82. The van der Waals surface area contributed by atoms with E-state index in [9.17, 15) is 9.59 Å². The molecule has 0 unspecified atom stereocenters. The molecule has 0 amide bonds. The van der Waals surface area contributed by atoms with E-state index in [1.807, 2.05) is 97.1 Å². The van der Waals surface area contributed by atoms with Crippen LogP contribution in [-0.2, 0) is 0 Å². The number of ketones is 2. The Labute approximate surface area is 219 Å². The summed E-state index contributed by atoms with van der Waals surface area (Å²) in [7, 11) is 0. The minimum atomic E-state index is -0.526. The number of carbonyl (C=O) groups is 2. The summed E-state index contributed by atoms with van der Waals surface area (Å²) in [5.41, 5.74) is 4.37. The molecule has 2 aliphatic heterocycles. The largest absolute Gasteiger partial charge is 0.353 e. The number of hydrogen-bond acceptors (Lipinski definition) is 3. The van der Waals surface area contributed by atoms with E-state index in [1.165, 1.54) is 0 Å². The van der Waals surface area contributed by atoms with Crippen LogP contribution in [0.5, 0.6) is 0 Å². The molecular formula is C32H24BrNO2. The molecule has 0 spiro atoms. The Hall–Kier alpha value is -3.76. The zero-order chi connectivity index (χ0) is 24.6. The van der Waals surface area contributed by atoms with Gasteiger partial charge in [0.05, 0.1) is 12.0 Å². The van der Waals surface area contributed by atoms with Gasteiger partial charge >= 0.3 is 0 Å². The Kier molecular flexibility index (Phi) is 5.90. The highest BCUT2D eigenvalue weighted by Crippen LogP contribution is 2.50. The Bertz CT molecular complexity index is 1450. The van der Waals surface area contributed by atoms with Crippen LogP contribution in [0.1, 0.15) is 37.8 Å². The van der Waals surface area contributed by atoms with Gasteiger partial charge in [-0.3, -0.25) is 9.59 Å². The summed E-state index contributed by atoms with van der Waals surface area (Å²) in [6.07, 6.45) is 4.20. The first-order valence-corrected chi connectivity index (χ1v) is 12.9. The van der Waals surface area contributed by atoms with E-state index in [2.05, 4.69) is 45.1 Å². The van der Waals surface area contributed by atoms with Gasteiger partial charge in [-0.25, -0.2) is 0 Å². The smallest absolute Gasteiger partial charge is 0.185 e. The fourth-order valence-corrected chi connectivity index (χ4v) is 6.05. The summed E-state index contributed by atoms with van der Waals surface area (Å²) in [4.78, 5) is 30.7. The lowest BCUT2D eigenvalue weighted by Crippen LogP contribution is -2.43. The Morgan fingerprint density at radius 1 is 0.667 bits per heavy atom. The minimum Gasteiger partial charge on any atom is -0.353 e. The Morgan fingerprint density at radius 3 is 2.00 bits per heavy atom. The standard InChI is InChI=1S/C32H24BrNO2/c33-25-18-15-24(16-19-25)32(36)30-28(22-10-3-1-4-11-22)29(31(35)23-12-5-2-6-13-23)27-20-17-21-9-7-8-14-26(21)34(27)30/h1-20,27-30H/t27-,28+,29+,30+/m0/s1. The molecule has 4 heteroatoms. The van der Waals surface area contributed by atoms with Gasteiger partial charge in [-0.1, -0.05) is 119 Å². The summed E-state index contributed by atoms with van der Waals surface area (Å²) in [6.45, 7) is 0. The van der Waals surface area contributed by atoms with Crippen LogP contribution in [0.3, 0.4) is 0 Å². The molecule has 0 aliphatic carbocycles. The predicted octanol–water partition coefficient (Wildman–Crippen LogP) is 7.20. The van der Waals surface area contributed by atoms with Gasteiger partial charge in [0.2, 0.25) is 0 Å². The number of hydrogen-bond donors (Lipinski definition) is 0. The highest BCUT2D eigenvalue weighted by molar-refractivity contribution is 9.10. The number of anilines is 1. The first-order valence-electron chi connectivity index (χ1n) is 12.1. The second-order valence-electron chi connectivity index (χ2n) is 9.32. The fourth-order valence-electron chi connectivity index (χ4n) is 5.78. The molecule has 0 saturated carbocycles. The maximum Gasteiger partial charge on any atom is 0.185 e. The maximum absolute atomic E-state index is 14.3. The minimum absolute atomic E-state index is 0.0230. The zero-order valence-electron chi connectivity index (χ0n) is 19.5. The summed E-state index contributed by atoms with van der Waals surface area (Å²) >= 11 is 3.48. The summed E-state index contributed by atoms with van der Waals surface area (Å²) in [5, 5.41) is 0. The van der Waals surface area contributed by atoms with E-state index >= 15 is 0 Å². The molecule has 6 rings (SSSR count). The topological polar surface area (TPSA) is 37.4 Å². The van der Waals surface area contributed by atoms with Crippen LogP contribution in [0.15, 0.2) is 120 Å². The van der Waals surface area contributed by atoms with E-state index in [-0.39, 0.29) is 23.5 Å². The van der Waals surface area contributed by atoms with Crippen molar-refractivity contribution in [3.63, 3.8) is 0 Å². The molecule has 4 aromatic rings. The van der Waals surface area contributed by atoms with Crippen molar-refractivity contribution in [1.82, 2.24) is 0 Å². The van der Waals surface area contributed by atoms with Crippen LogP contribution in [0.4, 0.5) is 5.69 Å². The van der Waals surface area contributed by atoms with Gasteiger partial charge < -0.3 is 4.90 Å². The molecular weight excluding hydrogens is 510 g/mol. The summed E-state index contributed by atoms with van der Waals surface area (Å²) in [5.74, 6) is -0.635. The molecule has 1 saturated heterocycles. The molecule has 4 aromatic carbocycles. The predicted molar refractivity (Wildman–Crippen MR) is 147 cm³/mol. The van der Waals surface area contributed by atoms with Crippen LogP contribution < -0.4 is 4.90 Å². The monoisotopic (exact) mass is 533 g/mol. The molecule has 36 heavy (non-hydrogen) atoms. The van der Waals surface area contributed by atoms with Gasteiger partial charge in [-0.2, -0.15) is 0 Å². The number of para-hydroxylation sites is 1. The lowest BCUT2D eigenvalue weighted by atomic mass is 9.76. The molecule has 0 N–H and O–H groups in total. The normalized spacial score (nSPS) is 22.1. The van der Waals surface area contributed by atoms with Crippen molar-refractivity contribution in [1.29, 1.82) is 0 Å². The van der Waals surface area contributed by atoms with Crippen molar-refractivity contribution in [2.45, 2.75) is 18.0 Å². The molecule has 0 radical (unpaired) electrons. The van der Waals surface area contributed by atoms with Gasteiger partial charge in [-0.15, -0.1) is 0 Å². The highest BCUT2D eigenvalue weighted by Gasteiger charge is 2.55. The van der Waals surface area contributed by atoms with Gasteiger partial charge in [0, 0.05) is 27.2 Å². The van der Waals surface area contributed by atoms with E-state index < -0.39 is 12.0 Å². The highest BCUT2D eigenvalue weighted by atomic mass is 79.9.